The van der Waals surface area contributed by atoms with Crippen molar-refractivity contribution in [2.24, 2.45) is 0 Å². The number of nitrogens with one attached hydrogen (secondary N) is 2. The van der Waals surface area contributed by atoms with Crippen LogP contribution in [0, 0.1) is 0 Å². The number of rotatable bonds is 4. The first-order valence-electron chi connectivity index (χ1n) is 7.07. The van der Waals surface area contributed by atoms with Crippen LogP contribution in [-0.4, -0.2) is 49.6 Å². The molecule has 17 heavy (non-hydrogen) atoms. The minimum Gasteiger partial charge on any atom is -0.353 e. The molecule has 0 spiro atoms. The van der Waals surface area contributed by atoms with E-state index in [4.69, 9.17) is 0 Å². The predicted octanol–water partition coefficient (Wildman–Crippen LogP) is 0.731. The van der Waals surface area contributed by atoms with E-state index in [0.29, 0.717) is 12.5 Å². The van der Waals surface area contributed by atoms with Crippen LogP contribution in [0.2, 0.25) is 0 Å². The molecule has 0 bridgehead atoms. The molecule has 2 N–H and O–H groups in total. The number of piperidine rings is 2. The smallest absolute Gasteiger partial charge is 0.221 e. The van der Waals surface area contributed by atoms with Crippen molar-refractivity contribution in [1.82, 2.24) is 15.5 Å². The molecule has 2 rings (SSSR count). The van der Waals surface area contributed by atoms with E-state index >= 15 is 0 Å². The first-order chi connectivity index (χ1) is 8.34. The second-order valence-electron chi connectivity index (χ2n) is 5.24. The third-order valence-electron chi connectivity index (χ3n) is 3.81. The maximum Gasteiger partial charge on any atom is 0.221 e. The minimum atomic E-state index is 0.238. The Labute approximate surface area is 104 Å². The summed E-state index contributed by atoms with van der Waals surface area (Å²) in [6.45, 7) is 5.38. The molecule has 0 atom stereocenters. The van der Waals surface area contributed by atoms with E-state index in [-0.39, 0.29) is 5.91 Å². The summed E-state index contributed by atoms with van der Waals surface area (Å²) in [6.07, 6.45) is 6.79. The lowest BCUT2D eigenvalue weighted by Crippen LogP contribution is -2.43. The first-order valence-corrected chi connectivity index (χ1v) is 7.07. The molecule has 2 saturated heterocycles. The van der Waals surface area contributed by atoms with Gasteiger partial charge in [0.2, 0.25) is 5.91 Å². The molecule has 1 amide bonds. The van der Waals surface area contributed by atoms with Crippen molar-refractivity contribution < 1.29 is 4.79 Å². The highest BCUT2D eigenvalue weighted by Gasteiger charge is 2.16. The fourth-order valence-electron chi connectivity index (χ4n) is 2.71. The number of hydrogen-bond acceptors (Lipinski definition) is 3. The number of amides is 1. The molecule has 0 aromatic rings. The predicted molar refractivity (Wildman–Crippen MR) is 68.9 cm³/mol. The van der Waals surface area contributed by atoms with Crippen LogP contribution < -0.4 is 10.6 Å². The van der Waals surface area contributed by atoms with Crippen molar-refractivity contribution in [2.45, 2.75) is 44.6 Å². The van der Waals surface area contributed by atoms with E-state index in [2.05, 4.69) is 15.5 Å². The SMILES string of the molecule is O=C(CCN1CCCCC1)NC1CCNCC1. The third kappa shape index (κ3) is 4.64. The van der Waals surface area contributed by atoms with Gasteiger partial charge in [0.25, 0.3) is 0 Å². The van der Waals surface area contributed by atoms with Crippen molar-refractivity contribution in [3.8, 4) is 0 Å². The summed E-state index contributed by atoms with van der Waals surface area (Å²) in [4.78, 5) is 14.2. The Balaban J connectivity index is 1.59. The second-order valence-corrected chi connectivity index (χ2v) is 5.24. The van der Waals surface area contributed by atoms with Gasteiger partial charge in [-0.1, -0.05) is 6.42 Å². The molecule has 4 nitrogen and oxygen atoms in total. The fraction of sp³-hybridized carbons (Fsp3) is 0.923. The van der Waals surface area contributed by atoms with E-state index < -0.39 is 0 Å². The summed E-state index contributed by atoms with van der Waals surface area (Å²) in [5, 5.41) is 6.46. The standard InChI is InChI=1S/C13H25N3O/c17-13(15-12-4-7-14-8-5-12)6-11-16-9-2-1-3-10-16/h12,14H,1-11H2,(H,15,17). The fourth-order valence-corrected chi connectivity index (χ4v) is 2.71. The highest BCUT2D eigenvalue weighted by Crippen LogP contribution is 2.09. The van der Waals surface area contributed by atoms with Crippen LogP contribution in [0.5, 0.6) is 0 Å². The largest absolute Gasteiger partial charge is 0.353 e. The highest BCUT2D eigenvalue weighted by molar-refractivity contribution is 5.76. The summed E-state index contributed by atoms with van der Waals surface area (Å²) >= 11 is 0. The second kappa shape index (κ2) is 6.97. The maximum absolute atomic E-state index is 11.8. The zero-order chi connectivity index (χ0) is 11.9. The topological polar surface area (TPSA) is 44.4 Å². The first kappa shape index (κ1) is 12.8. The lowest BCUT2D eigenvalue weighted by atomic mass is 10.1. The molecule has 4 heteroatoms. The lowest BCUT2D eigenvalue weighted by Gasteiger charge is -2.27. The van der Waals surface area contributed by atoms with E-state index in [1.807, 2.05) is 0 Å². The summed E-state index contributed by atoms with van der Waals surface area (Å²) in [6, 6.07) is 0.408. The van der Waals surface area contributed by atoms with Gasteiger partial charge in [0.05, 0.1) is 0 Å². The van der Waals surface area contributed by atoms with Crippen molar-refractivity contribution in [3.05, 3.63) is 0 Å². The molecular weight excluding hydrogens is 214 g/mol. The van der Waals surface area contributed by atoms with Crippen LogP contribution in [0.15, 0.2) is 0 Å². The summed E-state index contributed by atoms with van der Waals surface area (Å²) < 4.78 is 0. The Kier molecular flexibility index (Phi) is 5.26. The van der Waals surface area contributed by atoms with Gasteiger partial charge in [0, 0.05) is 19.0 Å². The quantitative estimate of drug-likeness (QED) is 0.760. The highest BCUT2D eigenvalue weighted by atomic mass is 16.1. The van der Waals surface area contributed by atoms with Gasteiger partial charge in [-0.2, -0.15) is 0 Å². The van der Waals surface area contributed by atoms with Crippen LogP contribution in [-0.2, 0) is 4.79 Å². The van der Waals surface area contributed by atoms with Gasteiger partial charge in [-0.25, -0.2) is 0 Å². The van der Waals surface area contributed by atoms with E-state index in [1.165, 1.54) is 32.4 Å². The molecule has 98 valence electrons. The third-order valence-corrected chi connectivity index (χ3v) is 3.81. The maximum atomic E-state index is 11.8. The lowest BCUT2D eigenvalue weighted by molar-refractivity contribution is -0.122. The molecule has 0 aromatic heterocycles. The molecule has 0 unspecified atom stereocenters. The molecule has 2 aliphatic rings. The van der Waals surface area contributed by atoms with Crippen molar-refractivity contribution in [3.63, 3.8) is 0 Å². The minimum absolute atomic E-state index is 0.238. The normalized spacial score (nSPS) is 23.5. The van der Waals surface area contributed by atoms with Gasteiger partial charge < -0.3 is 15.5 Å². The Morgan fingerprint density at radius 2 is 1.88 bits per heavy atom. The van der Waals surface area contributed by atoms with Crippen LogP contribution in [0.3, 0.4) is 0 Å². The zero-order valence-corrected chi connectivity index (χ0v) is 10.7. The van der Waals surface area contributed by atoms with Gasteiger partial charge in [0.1, 0.15) is 0 Å². The number of hydrogen-bond donors (Lipinski definition) is 2. The van der Waals surface area contributed by atoms with Crippen molar-refractivity contribution in [1.29, 1.82) is 0 Å². The number of carbonyl (C=O) groups excluding carboxylic acids is 1. The molecule has 2 fully saturated rings. The molecule has 0 radical (unpaired) electrons. The Morgan fingerprint density at radius 1 is 1.18 bits per heavy atom. The van der Waals surface area contributed by atoms with E-state index in [9.17, 15) is 4.79 Å². The van der Waals surface area contributed by atoms with Gasteiger partial charge in [0.15, 0.2) is 0 Å². The Hall–Kier alpha value is -0.610. The number of nitrogens with zero attached hydrogens (tertiary/aromatic N) is 1. The van der Waals surface area contributed by atoms with Crippen LogP contribution in [0.25, 0.3) is 0 Å². The molecule has 2 heterocycles. The average molecular weight is 239 g/mol. The summed E-state index contributed by atoms with van der Waals surface area (Å²) in [5.74, 6) is 0.238. The Bertz CT molecular complexity index is 233. The molecule has 2 aliphatic heterocycles. The van der Waals surface area contributed by atoms with Gasteiger partial charge in [-0.15, -0.1) is 0 Å². The van der Waals surface area contributed by atoms with Crippen LogP contribution >= 0.6 is 0 Å². The average Bonchev–Trinajstić information content (AvgIpc) is 2.39. The molecule has 0 aliphatic carbocycles. The molecule has 0 aromatic carbocycles. The van der Waals surface area contributed by atoms with Crippen LogP contribution in [0.4, 0.5) is 0 Å². The zero-order valence-electron chi connectivity index (χ0n) is 10.7. The van der Waals surface area contributed by atoms with Gasteiger partial charge >= 0.3 is 0 Å². The van der Waals surface area contributed by atoms with Crippen LogP contribution in [0.1, 0.15) is 38.5 Å². The Morgan fingerprint density at radius 3 is 2.59 bits per heavy atom. The molecular formula is C13H25N3O. The van der Waals surface area contributed by atoms with E-state index in [0.717, 1.165) is 32.5 Å². The molecule has 0 saturated carbocycles. The number of carbonyl (C=O) groups is 1. The van der Waals surface area contributed by atoms with Crippen molar-refractivity contribution >= 4 is 5.91 Å². The monoisotopic (exact) mass is 239 g/mol. The van der Waals surface area contributed by atoms with Crippen molar-refractivity contribution in [2.75, 3.05) is 32.7 Å². The number of likely N-dealkylation sites (tertiary alicyclic amines) is 1. The summed E-state index contributed by atoms with van der Waals surface area (Å²) in [5.41, 5.74) is 0. The summed E-state index contributed by atoms with van der Waals surface area (Å²) in [7, 11) is 0. The van der Waals surface area contributed by atoms with E-state index in [1.54, 1.807) is 0 Å². The van der Waals surface area contributed by atoms with Gasteiger partial charge in [-0.3, -0.25) is 4.79 Å². The van der Waals surface area contributed by atoms with Gasteiger partial charge in [-0.05, 0) is 51.9 Å².